The Kier molecular flexibility index (Phi) is 4.94. The summed E-state index contributed by atoms with van der Waals surface area (Å²) < 4.78 is 11.3. The third-order valence-electron chi connectivity index (χ3n) is 6.48. The number of anilines is 2. The Bertz CT molecular complexity index is 928. The Balaban J connectivity index is 1.26. The van der Waals surface area contributed by atoms with E-state index in [9.17, 15) is 4.79 Å². The van der Waals surface area contributed by atoms with Crippen LogP contribution in [0, 0.1) is 0 Å². The predicted octanol–water partition coefficient (Wildman–Crippen LogP) is 1.89. The first kappa shape index (κ1) is 19.1. The Labute approximate surface area is 176 Å². The zero-order chi connectivity index (χ0) is 20.6. The molecule has 2 fully saturated rings. The lowest BCUT2D eigenvalue weighted by molar-refractivity contribution is -0.175. The van der Waals surface area contributed by atoms with Crippen molar-refractivity contribution in [2.45, 2.75) is 24.4 Å². The highest BCUT2D eigenvalue weighted by atomic mass is 16.5. The van der Waals surface area contributed by atoms with Gasteiger partial charge in [0.2, 0.25) is 11.8 Å². The van der Waals surface area contributed by atoms with Gasteiger partial charge in [0.25, 0.3) is 5.91 Å². The molecule has 158 valence electrons. The lowest BCUT2D eigenvalue weighted by Gasteiger charge is -2.46. The minimum atomic E-state index is -0.723. The number of fused-ring (bicyclic) bond motifs is 1. The number of rotatable bonds is 4. The van der Waals surface area contributed by atoms with Gasteiger partial charge in [-0.15, -0.1) is 0 Å². The van der Waals surface area contributed by atoms with Gasteiger partial charge in [0.05, 0.1) is 13.7 Å². The topological polar surface area (TPSA) is 79.8 Å². The number of hydrogen-bond donors (Lipinski definition) is 1. The van der Waals surface area contributed by atoms with Gasteiger partial charge < -0.3 is 24.6 Å². The summed E-state index contributed by atoms with van der Waals surface area (Å²) in [6.45, 7) is 4.21. The molecule has 30 heavy (non-hydrogen) atoms. The van der Waals surface area contributed by atoms with Crippen LogP contribution in [0.1, 0.15) is 24.3 Å². The number of carbonyl (C=O) groups excluding carboxylic acids is 1. The van der Waals surface area contributed by atoms with Gasteiger partial charge in [-0.05, 0) is 11.6 Å². The zero-order valence-corrected chi connectivity index (χ0v) is 17.2. The molecule has 0 aliphatic carbocycles. The van der Waals surface area contributed by atoms with Crippen molar-refractivity contribution in [1.29, 1.82) is 0 Å². The highest BCUT2D eigenvalue weighted by molar-refractivity contribution is 5.86. The van der Waals surface area contributed by atoms with Crippen LogP contribution in [0.25, 0.3) is 0 Å². The molecule has 3 aliphatic heterocycles. The van der Waals surface area contributed by atoms with Crippen molar-refractivity contribution < 1.29 is 14.3 Å². The molecule has 1 amide bonds. The molecule has 8 heteroatoms. The summed E-state index contributed by atoms with van der Waals surface area (Å²) in [6, 6.07) is 10.1. The lowest BCUT2D eigenvalue weighted by Crippen LogP contribution is -2.61. The van der Waals surface area contributed by atoms with Gasteiger partial charge in [0, 0.05) is 69.4 Å². The second-order valence-electron chi connectivity index (χ2n) is 8.15. The van der Waals surface area contributed by atoms with Gasteiger partial charge in [-0.25, -0.2) is 4.98 Å². The maximum Gasteiger partial charge on any atom is 0.255 e. The van der Waals surface area contributed by atoms with Crippen LogP contribution in [-0.2, 0) is 9.53 Å². The molecule has 1 N–H and O–H groups in total. The van der Waals surface area contributed by atoms with Crippen LogP contribution in [0.15, 0.2) is 36.5 Å². The quantitative estimate of drug-likeness (QED) is 0.826. The number of para-hydroxylation sites is 1. The molecule has 8 nitrogen and oxygen atoms in total. The third kappa shape index (κ3) is 3.35. The van der Waals surface area contributed by atoms with Crippen LogP contribution in [0.3, 0.4) is 0 Å². The van der Waals surface area contributed by atoms with Crippen molar-refractivity contribution in [3.63, 3.8) is 0 Å². The monoisotopic (exact) mass is 409 g/mol. The number of benzene rings is 1. The molecule has 1 aromatic carbocycles. The van der Waals surface area contributed by atoms with Gasteiger partial charge in [0.1, 0.15) is 5.60 Å². The van der Waals surface area contributed by atoms with E-state index in [1.54, 1.807) is 19.4 Å². The molecule has 0 radical (unpaired) electrons. The molecule has 4 heterocycles. The fourth-order valence-corrected chi connectivity index (χ4v) is 4.79. The van der Waals surface area contributed by atoms with Crippen LogP contribution in [0.4, 0.5) is 11.6 Å². The van der Waals surface area contributed by atoms with E-state index in [4.69, 9.17) is 9.47 Å². The predicted molar refractivity (Wildman–Crippen MR) is 113 cm³/mol. The summed E-state index contributed by atoms with van der Waals surface area (Å²) in [6.07, 6.45) is 2.98. The molecule has 2 aromatic rings. The minimum Gasteiger partial charge on any atom is -0.481 e. The van der Waals surface area contributed by atoms with Gasteiger partial charge in [0.15, 0.2) is 0 Å². The van der Waals surface area contributed by atoms with Gasteiger partial charge in [-0.2, -0.15) is 4.98 Å². The number of methoxy groups -OCH3 is 1. The van der Waals surface area contributed by atoms with Gasteiger partial charge in [-0.1, -0.05) is 18.2 Å². The Hall–Kier alpha value is -2.87. The van der Waals surface area contributed by atoms with E-state index in [0.29, 0.717) is 56.8 Å². The molecule has 3 aliphatic rings. The molecule has 0 bridgehead atoms. The first-order chi connectivity index (χ1) is 14.7. The molecule has 2 saturated heterocycles. The molecule has 0 saturated carbocycles. The number of carbonyl (C=O) groups is 1. The number of nitrogens with zero attached hydrogens (tertiary/aromatic N) is 4. The molecule has 1 unspecified atom stereocenters. The minimum absolute atomic E-state index is 0.129. The van der Waals surface area contributed by atoms with Crippen LogP contribution in [0.2, 0.25) is 0 Å². The summed E-state index contributed by atoms with van der Waals surface area (Å²) in [4.78, 5) is 26.3. The Morgan fingerprint density at radius 1 is 1.23 bits per heavy atom. The lowest BCUT2D eigenvalue weighted by atomic mass is 9.88. The van der Waals surface area contributed by atoms with E-state index in [0.717, 1.165) is 13.1 Å². The number of amides is 1. The molecule has 1 atom stereocenters. The SMILES string of the molecule is COc1ccnc(N2CCC3(CC2)OCCN(CC2CNc4ccccc42)C3=O)n1. The first-order valence-corrected chi connectivity index (χ1v) is 10.6. The summed E-state index contributed by atoms with van der Waals surface area (Å²) in [5.41, 5.74) is 1.76. The van der Waals surface area contributed by atoms with Crippen molar-refractivity contribution >= 4 is 17.5 Å². The maximum absolute atomic E-state index is 13.5. The highest BCUT2D eigenvalue weighted by Crippen LogP contribution is 2.36. The summed E-state index contributed by atoms with van der Waals surface area (Å²) in [7, 11) is 1.60. The number of ether oxygens (including phenoxy) is 2. The van der Waals surface area contributed by atoms with Crippen molar-refractivity contribution in [3.05, 3.63) is 42.1 Å². The fourth-order valence-electron chi connectivity index (χ4n) is 4.79. The van der Waals surface area contributed by atoms with Crippen LogP contribution in [-0.4, -0.2) is 72.8 Å². The highest BCUT2D eigenvalue weighted by Gasteiger charge is 2.48. The second kappa shape index (κ2) is 7.75. The van der Waals surface area contributed by atoms with Crippen LogP contribution < -0.4 is 15.0 Å². The smallest absolute Gasteiger partial charge is 0.255 e. The first-order valence-electron chi connectivity index (χ1n) is 10.6. The van der Waals surface area contributed by atoms with Gasteiger partial charge in [-0.3, -0.25) is 4.79 Å². The Morgan fingerprint density at radius 2 is 2.07 bits per heavy atom. The zero-order valence-electron chi connectivity index (χ0n) is 17.2. The second-order valence-corrected chi connectivity index (χ2v) is 8.15. The number of hydrogen-bond acceptors (Lipinski definition) is 7. The largest absolute Gasteiger partial charge is 0.481 e. The molecule has 1 spiro atoms. The standard InChI is InChI=1S/C22H27N5O3/c1-29-19-6-9-23-21(25-19)26-10-7-22(8-11-26)20(28)27(12-13-30-22)15-16-14-24-18-5-3-2-4-17(16)18/h2-6,9,16,24H,7-8,10-15H2,1H3. The maximum atomic E-state index is 13.5. The van der Waals surface area contributed by atoms with Crippen LogP contribution >= 0.6 is 0 Å². The van der Waals surface area contributed by atoms with Crippen molar-refractivity contribution in [1.82, 2.24) is 14.9 Å². The fraction of sp³-hybridized carbons (Fsp3) is 0.500. The number of aromatic nitrogens is 2. The van der Waals surface area contributed by atoms with Crippen molar-refractivity contribution in [3.8, 4) is 5.88 Å². The summed E-state index contributed by atoms with van der Waals surface area (Å²) in [5, 5.41) is 3.46. The molecule has 1 aromatic heterocycles. The van der Waals surface area contributed by atoms with Gasteiger partial charge >= 0.3 is 0 Å². The molecule has 5 rings (SSSR count). The van der Waals surface area contributed by atoms with Crippen molar-refractivity contribution in [2.75, 3.05) is 56.7 Å². The van der Waals surface area contributed by atoms with E-state index < -0.39 is 5.60 Å². The van der Waals surface area contributed by atoms with E-state index >= 15 is 0 Å². The molecular weight excluding hydrogens is 382 g/mol. The summed E-state index contributed by atoms with van der Waals surface area (Å²) in [5.74, 6) is 1.63. The van der Waals surface area contributed by atoms with E-state index in [1.807, 2.05) is 11.0 Å². The number of morpholine rings is 1. The van der Waals surface area contributed by atoms with E-state index in [1.165, 1.54) is 11.3 Å². The average molecular weight is 409 g/mol. The van der Waals surface area contributed by atoms with Crippen molar-refractivity contribution in [2.24, 2.45) is 0 Å². The average Bonchev–Trinajstić information content (AvgIpc) is 3.20. The Morgan fingerprint density at radius 3 is 2.90 bits per heavy atom. The summed E-state index contributed by atoms with van der Waals surface area (Å²) >= 11 is 0. The van der Waals surface area contributed by atoms with E-state index in [2.05, 4.69) is 38.4 Å². The number of piperidine rings is 1. The van der Waals surface area contributed by atoms with Crippen LogP contribution in [0.5, 0.6) is 5.88 Å². The normalized spacial score (nSPS) is 22.7. The third-order valence-corrected chi connectivity index (χ3v) is 6.48. The molecular formula is C22H27N5O3. The number of nitrogens with one attached hydrogen (secondary N) is 1. The van der Waals surface area contributed by atoms with E-state index in [-0.39, 0.29) is 5.91 Å².